The van der Waals surface area contributed by atoms with E-state index in [4.69, 9.17) is 0 Å². The van der Waals surface area contributed by atoms with Crippen LogP contribution in [0.25, 0.3) is 0 Å². The summed E-state index contributed by atoms with van der Waals surface area (Å²) in [4.78, 5) is 0. The molecule has 0 spiro atoms. The maximum Gasteiger partial charge on any atom is 1.00 e. The molecule has 0 heterocycles. The van der Waals surface area contributed by atoms with Crippen LogP contribution in [-0.4, -0.2) is 29.4 Å². The predicted molar refractivity (Wildman–Crippen MR) is 109 cm³/mol. The van der Waals surface area contributed by atoms with E-state index in [2.05, 4.69) is 6.92 Å². The summed E-state index contributed by atoms with van der Waals surface area (Å²) < 4.78 is 33.8. The Balaban J connectivity index is 0. The molecule has 2 unspecified atom stereocenters. The summed E-state index contributed by atoms with van der Waals surface area (Å²) in [7, 11) is -4.18. The van der Waals surface area contributed by atoms with Gasteiger partial charge in [-0.15, -0.1) is 0 Å². The molecule has 0 aliphatic heterocycles. The van der Waals surface area contributed by atoms with E-state index in [0.717, 1.165) is 38.5 Å². The van der Waals surface area contributed by atoms with Crippen molar-refractivity contribution in [1.82, 2.24) is 0 Å². The molecule has 0 bridgehead atoms. The average molecular weight is 415 g/mol. The molecule has 158 valence electrons. The van der Waals surface area contributed by atoms with Crippen LogP contribution in [0.4, 0.5) is 0 Å². The first-order chi connectivity index (χ1) is 12.4. The third-order valence-electron chi connectivity index (χ3n) is 5.24. The molecule has 4 nitrogen and oxygen atoms in total. The maximum absolute atomic E-state index is 11.3. The van der Waals surface area contributed by atoms with Crippen molar-refractivity contribution in [3.05, 3.63) is 0 Å². The molecule has 0 amide bonds. The van der Waals surface area contributed by atoms with E-state index < -0.39 is 15.4 Å². The van der Waals surface area contributed by atoms with Crippen LogP contribution in [0.5, 0.6) is 0 Å². The van der Waals surface area contributed by atoms with Crippen LogP contribution in [0, 0.1) is 0 Å². The fourth-order valence-electron chi connectivity index (χ4n) is 3.45. The van der Waals surface area contributed by atoms with E-state index in [0.29, 0.717) is 19.3 Å². The van der Waals surface area contributed by atoms with Crippen LogP contribution in [0.1, 0.15) is 123 Å². The van der Waals surface area contributed by atoms with Crippen molar-refractivity contribution in [2.75, 3.05) is 0 Å². The monoisotopic (exact) mass is 414 g/mol. The van der Waals surface area contributed by atoms with Crippen LogP contribution in [0.2, 0.25) is 0 Å². The minimum atomic E-state index is -4.18. The molecule has 0 saturated heterocycles. The molecule has 0 aromatic rings. The van der Waals surface area contributed by atoms with Gasteiger partial charge in [0.05, 0.1) is 16.2 Å². The van der Waals surface area contributed by atoms with E-state index in [1.807, 2.05) is 6.92 Å². The summed E-state index contributed by atoms with van der Waals surface area (Å²) in [6.45, 7) is 4.24. The molecule has 6 heteroatoms. The van der Waals surface area contributed by atoms with Gasteiger partial charge >= 0.3 is 29.6 Å². The molecule has 2 atom stereocenters. The fourth-order valence-corrected chi connectivity index (χ4v) is 4.36. The van der Waals surface area contributed by atoms with Crippen LogP contribution in [-0.2, 0) is 10.1 Å². The quantitative estimate of drug-likeness (QED) is 0.200. The second-order valence-corrected chi connectivity index (χ2v) is 9.46. The molecule has 0 aromatic carbocycles. The van der Waals surface area contributed by atoms with E-state index in [1.165, 1.54) is 51.4 Å². The topological polar surface area (TPSA) is 77.4 Å². The van der Waals surface area contributed by atoms with E-state index in [1.54, 1.807) is 0 Å². The van der Waals surface area contributed by atoms with Crippen molar-refractivity contribution in [3.8, 4) is 0 Å². The van der Waals surface area contributed by atoms with Gasteiger partial charge in [-0.05, 0) is 25.7 Å². The van der Waals surface area contributed by atoms with Gasteiger partial charge in [0, 0.05) is 5.25 Å². The third kappa shape index (κ3) is 19.9. The molecule has 0 aliphatic rings. The Morgan fingerprint density at radius 1 is 0.667 bits per heavy atom. The Labute approximate surface area is 191 Å². The van der Waals surface area contributed by atoms with Gasteiger partial charge in [0.2, 0.25) is 0 Å². The van der Waals surface area contributed by atoms with Gasteiger partial charge in [0.1, 0.15) is 0 Å². The number of rotatable bonds is 19. The largest absolute Gasteiger partial charge is 1.00 e. The molecule has 0 fully saturated rings. The van der Waals surface area contributed by atoms with Gasteiger partial charge in [0.25, 0.3) is 0 Å². The molecule has 0 radical (unpaired) electrons. The summed E-state index contributed by atoms with van der Waals surface area (Å²) in [6, 6.07) is 0. The van der Waals surface area contributed by atoms with Crippen molar-refractivity contribution in [3.63, 3.8) is 0 Å². The van der Waals surface area contributed by atoms with Crippen LogP contribution in [0.15, 0.2) is 0 Å². The van der Waals surface area contributed by atoms with E-state index >= 15 is 0 Å². The molecular weight excluding hydrogens is 371 g/mol. The Morgan fingerprint density at radius 2 is 1.04 bits per heavy atom. The molecule has 0 aliphatic carbocycles. The molecule has 0 saturated carbocycles. The van der Waals surface area contributed by atoms with Gasteiger partial charge in [-0.1, -0.05) is 97.3 Å². The van der Waals surface area contributed by atoms with Crippen molar-refractivity contribution < 1.29 is 47.6 Å². The summed E-state index contributed by atoms with van der Waals surface area (Å²) in [5.41, 5.74) is 0. The summed E-state index contributed by atoms with van der Waals surface area (Å²) >= 11 is 0. The van der Waals surface area contributed by atoms with Crippen LogP contribution < -0.4 is 29.6 Å². The Morgan fingerprint density at radius 3 is 1.52 bits per heavy atom. The first-order valence-electron chi connectivity index (χ1n) is 11.0. The number of aliphatic hydroxyl groups excluding tert-OH is 1. The van der Waals surface area contributed by atoms with Crippen LogP contribution in [0.3, 0.4) is 0 Å². The predicted octanol–water partition coefficient (Wildman–Crippen LogP) is 2.94. The Kier molecular flexibility index (Phi) is 22.4. The first-order valence-corrected chi connectivity index (χ1v) is 12.5. The minimum Gasteiger partial charge on any atom is -0.748 e. The SMILES string of the molecule is CCCCCCCCCCCC(O)CCCCC(CCCC)S(=O)(=O)[O-].[Na+]. The van der Waals surface area contributed by atoms with Crippen molar-refractivity contribution >= 4 is 10.1 Å². The minimum absolute atomic E-state index is 0. The average Bonchev–Trinajstić information content (AvgIpc) is 2.58. The normalized spacial score (nSPS) is 13.9. The summed E-state index contributed by atoms with van der Waals surface area (Å²) in [5.74, 6) is 0. The zero-order chi connectivity index (χ0) is 19.7. The molecule has 27 heavy (non-hydrogen) atoms. The number of hydrogen-bond donors (Lipinski definition) is 1. The second-order valence-electron chi connectivity index (χ2n) is 7.81. The standard InChI is InChI=1S/C21H44O4S.Na/c1-3-5-7-8-9-10-11-12-13-16-20(22)17-14-15-19-21(18-6-4-2)26(23,24)25;/h20-22H,3-19H2,1-2H3,(H,23,24,25);/q;+1/p-1. The van der Waals surface area contributed by atoms with Crippen molar-refractivity contribution in [2.24, 2.45) is 0 Å². The maximum atomic E-state index is 11.3. The molecule has 0 rings (SSSR count). The van der Waals surface area contributed by atoms with E-state index in [-0.39, 0.29) is 35.7 Å². The van der Waals surface area contributed by atoms with Gasteiger partial charge in [-0.2, -0.15) is 0 Å². The molecular formula is C21H43NaO4S. The Hall–Kier alpha value is 0.870. The number of aliphatic hydroxyl groups is 1. The van der Waals surface area contributed by atoms with Gasteiger partial charge < -0.3 is 9.66 Å². The first kappa shape index (κ1) is 30.1. The Bertz CT molecular complexity index is 401. The smallest absolute Gasteiger partial charge is 0.748 e. The van der Waals surface area contributed by atoms with Crippen LogP contribution >= 0.6 is 0 Å². The summed E-state index contributed by atoms with van der Waals surface area (Å²) in [6.07, 6.45) is 16.9. The zero-order valence-corrected chi connectivity index (χ0v) is 21.1. The molecule has 0 aromatic heterocycles. The zero-order valence-electron chi connectivity index (χ0n) is 18.3. The second kappa shape index (κ2) is 20.2. The molecule has 1 N–H and O–H groups in total. The third-order valence-corrected chi connectivity index (χ3v) is 6.53. The van der Waals surface area contributed by atoms with E-state index in [9.17, 15) is 18.1 Å². The number of unbranched alkanes of at least 4 members (excludes halogenated alkanes) is 10. The number of hydrogen-bond acceptors (Lipinski definition) is 4. The summed E-state index contributed by atoms with van der Waals surface area (Å²) in [5, 5.41) is 9.30. The van der Waals surface area contributed by atoms with Crippen molar-refractivity contribution in [1.29, 1.82) is 0 Å². The fraction of sp³-hybridized carbons (Fsp3) is 1.00. The van der Waals surface area contributed by atoms with Crippen molar-refractivity contribution in [2.45, 2.75) is 134 Å². The van der Waals surface area contributed by atoms with Gasteiger partial charge in [0.15, 0.2) is 0 Å². The van der Waals surface area contributed by atoms with Gasteiger partial charge in [-0.25, -0.2) is 8.42 Å². The van der Waals surface area contributed by atoms with Gasteiger partial charge in [-0.3, -0.25) is 0 Å².